The first-order chi connectivity index (χ1) is 7.86. The summed E-state index contributed by atoms with van der Waals surface area (Å²) in [5.41, 5.74) is 2.57. The predicted octanol–water partition coefficient (Wildman–Crippen LogP) is -1.49. The Labute approximate surface area is 149 Å². The van der Waals surface area contributed by atoms with Crippen molar-refractivity contribution in [1.29, 1.82) is 0 Å². The average molecular weight is 372 g/mol. The minimum atomic E-state index is 0. The smallest absolute Gasteiger partial charge is 1.00 e. The number of rotatable bonds is 2. The van der Waals surface area contributed by atoms with Crippen molar-refractivity contribution in [3.05, 3.63) is 71.9 Å². The fourth-order valence-electron chi connectivity index (χ4n) is 1.44. The summed E-state index contributed by atoms with van der Waals surface area (Å²) in [5, 5.41) is 0. The van der Waals surface area contributed by atoms with E-state index < -0.39 is 0 Å². The van der Waals surface area contributed by atoms with Crippen LogP contribution in [0.5, 0.6) is 0 Å². The van der Waals surface area contributed by atoms with E-state index in [-0.39, 0.29) is 51.0 Å². The molecule has 0 atom stereocenters. The molecule has 0 spiro atoms. The average Bonchev–Trinajstić information content (AvgIpc) is 2.92. The van der Waals surface area contributed by atoms with Gasteiger partial charge in [0.15, 0.2) is 0 Å². The van der Waals surface area contributed by atoms with Crippen molar-refractivity contribution in [3.63, 3.8) is 0 Å². The first-order valence-electron chi connectivity index (χ1n) is 5.65. The van der Waals surface area contributed by atoms with E-state index in [1.54, 1.807) is 0 Å². The molecule has 0 heterocycles. The van der Waals surface area contributed by atoms with Gasteiger partial charge in [-0.2, -0.15) is 23.3 Å². The standard InChI is InChI=1S/2C8H9.2ClH.Zr/c2*1-2-5-8-6-3-4-7-8;;;/h2*2,5-7H,3H2,1H3;2*1H;/q2*-1;;;+4/p-2/b2*5-2-;;;. The molecule has 0 saturated heterocycles. The summed E-state index contributed by atoms with van der Waals surface area (Å²) in [4.78, 5) is 0. The van der Waals surface area contributed by atoms with Gasteiger partial charge < -0.3 is 24.8 Å². The van der Waals surface area contributed by atoms with Crippen LogP contribution >= 0.6 is 0 Å². The van der Waals surface area contributed by atoms with Crippen molar-refractivity contribution < 1.29 is 51.0 Å². The minimum absolute atomic E-state index is 0. The SMILES string of the molecule is C/C=C\C1=CC[C-]=C1.C/C=C\C1=CC[C-]=C1.[Cl-].[Cl-].[Zr+4]. The number of hydrogen-bond acceptors (Lipinski definition) is 0. The monoisotopic (exact) mass is 370 g/mol. The second-order valence-corrected chi connectivity index (χ2v) is 3.51. The van der Waals surface area contributed by atoms with Gasteiger partial charge in [0.05, 0.1) is 0 Å². The molecule has 0 aromatic heterocycles. The minimum Gasteiger partial charge on any atom is -1.00 e. The molecule has 0 saturated carbocycles. The van der Waals surface area contributed by atoms with Crippen LogP contribution in [0.25, 0.3) is 0 Å². The quantitative estimate of drug-likeness (QED) is 0.518. The maximum Gasteiger partial charge on any atom is 4.00 e. The molecule has 0 bridgehead atoms. The molecular formula is C16H18Cl2Zr. The van der Waals surface area contributed by atoms with Crippen LogP contribution in [0.1, 0.15) is 26.7 Å². The van der Waals surface area contributed by atoms with E-state index in [1.807, 2.05) is 38.2 Å². The Bertz CT molecular complexity index is 348. The molecule has 100 valence electrons. The molecule has 0 unspecified atom stereocenters. The van der Waals surface area contributed by atoms with Crippen molar-refractivity contribution in [2.75, 3.05) is 0 Å². The van der Waals surface area contributed by atoms with Gasteiger partial charge in [-0.1, -0.05) is 0 Å². The number of allylic oxidation sites excluding steroid dienone is 12. The fourth-order valence-corrected chi connectivity index (χ4v) is 1.44. The van der Waals surface area contributed by atoms with E-state index in [4.69, 9.17) is 0 Å². The Morgan fingerprint density at radius 1 is 0.842 bits per heavy atom. The molecule has 0 radical (unpaired) electrons. The third kappa shape index (κ3) is 11.4. The van der Waals surface area contributed by atoms with Crippen LogP contribution in [0, 0.1) is 12.2 Å². The molecule has 0 aromatic rings. The summed E-state index contributed by atoms with van der Waals surface area (Å²) in [6, 6.07) is 0. The molecule has 3 heteroatoms. The fraction of sp³-hybridized carbons (Fsp3) is 0.250. The molecule has 2 aliphatic carbocycles. The Balaban J connectivity index is -0.000000233. The zero-order valence-corrected chi connectivity index (χ0v) is 15.3. The Kier molecular flexibility index (Phi) is 20.1. The largest absolute Gasteiger partial charge is 4.00 e. The third-order valence-electron chi connectivity index (χ3n) is 2.17. The molecule has 0 amide bonds. The normalized spacial score (nSPS) is 15.1. The van der Waals surface area contributed by atoms with Crippen LogP contribution in [0.15, 0.2) is 59.8 Å². The van der Waals surface area contributed by atoms with Gasteiger partial charge in [0.25, 0.3) is 0 Å². The maximum atomic E-state index is 3.09. The van der Waals surface area contributed by atoms with Gasteiger partial charge in [-0.25, -0.2) is 12.2 Å². The zero-order valence-electron chi connectivity index (χ0n) is 11.3. The maximum absolute atomic E-state index is 3.09. The molecule has 0 nitrogen and oxygen atoms in total. The summed E-state index contributed by atoms with van der Waals surface area (Å²) < 4.78 is 0. The Morgan fingerprint density at radius 3 is 1.42 bits per heavy atom. The topological polar surface area (TPSA) is 0 Å². The van der Waals surface area contributed by atoms with Crippen LogP contribution in [0.2, 0.25) is 0 Å². The van der Waals surface area contributed by atoms with E-state index in [9.17, 15) is 0 Å². The third-order valence-corrected chi connectivity index (χ3v) is 2.17. The van der Waals surface area contributed by atoms with Crippen LogP contribution in [0.3, 0.4) is 0 Å². The molecule has 0 fully saturated rings. The van der Waals surface area contributed by atoms with Gasteiger partial charge in [0.1, 0.15) is 0 Å². The molecule has 2 rings (SSSR count). The van der Waals surface area contributed by atoms with Crippen molar-refractivity contribution in [2.45, 2.75) is 26.7 Å². The summed E-state index contributed by atoms with van der Waals surface area (Å²) in [6.07, 6.45) is 24.7. The molecule has 19 heavy (non-hydrogen) atoms. The second-order valence-electron chi connectivity index (χ2n) is 3.51. The van der Waals surface area contributed by atoms with E-state index in [0.717, 1.165) is 12.8 Å². The Morgan fingerprint density at radius 2 is 1.21 bits per heavy atom. The van der Waals surface area contributed by atoms with Crippen LogP contribution in [0.4, 0.5) is 0 Å². The molecule has 0 aliphatic heterocycles. The second kappa shape index (κ2) is 16.0. The van der Waals surface area contributed by atoms with Gasteiger partial charge >= 0.3 is 26.2 Å². The molecule has 2 aliphatic rings. The first kappa shape index (κ1) is 24.0. The van der Waals surface area contributed by atoms with Gasteiger partial charge in [-0.05, 0) is 13.8 Å². The summed E-state index contributed by atoms with van der Waals surface area (Å²) in [7, 11) is 0. The van der Waals surface area contributed by atoms with E-state index in [1.165, 1.54) is 11.1 Å². The van der Waals surface area contributed by atoms with E-state index >= 15 is 0 Å². The van der Waals surface area contributed by atoms with Crippen LogP contribution in [-0.4, -0.2) is 0 Å². The summed E-state index contributed by atoms with van der Waals surface area (Å²) in [6.45, 7) is 4.04. The predicted molar refractivity (Wildman–Crippen MR) is 70.7 cm³/mol. The Hall–Kier alpha value is -0.0969. The molecule has 0 aromatic carbocycles. The van der Waals surface area contributed by atoms with Gasteiger partial charge in [-0.15, -0.1) is 37.1 Å². The zero-order chi connectivity index (χ0) is 11.6. The van der Waals surface area contributed by atoms with Crippen molar-refractivity contribution in [2.24, 2.45) is 0 Å². The van der Waals surface area contributed by atoms with Crippen LogP contribution in [-0.2, 0) is 26.2 Å². The van der Waals surface area contributed by atoms with Crippen molar-refractivity contribution in [3.8, 4) is 0 Å². The van der Waals surface area contributed by atoms with Crippen molar-refractivity contribution in [1.82, 2.24) is 0 Å². The van der Waals surface area contributed by atoms with Crippen molar-refractivity contribution >= 4 is 0 Å². The van der Waals surface area contributed by atoms with Crippen LogP contribution < -0.4 is 24.8 Å². The van der Waals surface area contributed by atoms with Gasteiger partial charge in [0, 0.05) is 0 Å². The van der Waals surface area contributed by atoms with Gasteiger partial charge in [-0.3, -0.25) is 12.2 Å². The van der Waals surface area contributed by atoms with E-state index in [0.29, 0.717) is 0 Å². The van der Waals surface area contributed by atoms with E-state index in [2.05, 4.69) is 36.5 Å². The number of hydrogen-bond donors (Lipinski definition) is 0. The number of halogens is 2. The summed E-state index contributed by atoms with van der Waals surface area (Å²) in [5.74, 6) is 0. The van der Waals surface area contributed by atoms with Gasteiger partial charge in [0.2, 0.25) is 0 Å². The first-order valence-corrected chi connectivity index (χ1v) is 5.65. The molecule has 0 N–H and O–H groups in total. The molecular weight excluding hydrogens is 354 g/mol. The summed E-state index contributed by atoms with van der Waals surface area (Å²) >= 11 is 0.